The molecule has 0 radical (unpaired) electrons. The van der Waals surface area contributed by atoms with Crippen LogP contribution in [-0.2, 0) is 0 Å². The summed E-state index contributed by atoms with van der Waals surface area (Å²) >= 11 is 5.81. The van der Waals surface area contributed by atoms with Crippen LogP contribution in [0.1, 0.15) is 48.9 Å². The average molecular weight is 327 g/mol. The van der Waals surface area contributed by atoms with Crippen molar-refractivity contribution >= 4 is 23.2 Å². The third-order valence-corrected chi connectivity index (χ3v) is 4.25. The maximum absolute atomic E-state index is 12.2. The van der Waals surface area contributed by atoms with Crippen LogP contribution < -0.4 is 5.32 Å². The molecule has 22 heavy (non-hydrogen) atoms. The van der Waals surface area contributed by atoms with Gasteiger partial charge in [-0.05, 0) is 25.0 Å². The molecular weight excluding hydrogens is 308 g/mol. The van der Waals surface area contributed by atoms with Gasteiger partial charge in [0.25, 0.3) is 11.6 Å². The Bertz CT molecular complexity index is 569. The molecule has 2 rings (SSSR count). The molecule has 7 heteroatoms. The highest BCUT2D eigenvalue weighted by molar-refractivity contribution is 6.31. The van der Waals surface area contributed by atoms with Gasteiger partial charge in [-0.25, -0.2) is 0 Å². The standard InChI is InChI=1S/C15H19ClN2O4/c16-11-5-6-13(18(21)22)12(9-11)14(19)17-10-15(20)7-3-1-2-4-8-15/h5-6,9,20H,1-4,7-8,10H2,(H,17,19). The quantitative estimate of drug-likeness (QED) is 0.505. The van der Waals surface area contributed by atoms with E-state index in [1.165, 1.54) is 18.2 Å². The lowest BCUT2D eigenvalue weighted by Crippen LogP contribution is -2.42. The van der Waals surface area contributed by atoms with Gasteiger partial charge < -0.3 is 10.4 Å². The predicted molar refractivity (Wildman–Crippen MR) is 83.1 cm³/mol. The van der Waals surface area contributed by atoms with E-state index in [4.69, 9.17) is 11.6 Å². The van der Waals surface area contributed by atoms with E-state index in [2.05, 4.69) is 5.32 Å². The maximum Gasteiger partial charge on any atom is 0.282 e. The number of carbonyl (C=O) groups excluding carboxylic acids is 1. The van der Waals surface area contributed by atoms with Gasteiger partial charge in [0.2, 0.25) is 0 Å². The van der Waals surface area contributed by atoms with Crippen LogP contribution in [0.3, 0.4) is 0 Å². The summed E-state index contributed by atoms with van der Waals surface area (Å²) in [7, 11) is 0. The van der Waals surface area contributed by atoms with Gasteiger partial charge >= 0.3 is 0 Å². The number of benzene rings is 1. The number of halogens is 1. The fraction of sp³-hybridized carbons (Fsp3) is 0.533. The minimum absolute atomic E-state index is 0.0882. The van der Waals surface area contributed by atoms with Gasteiger partial charge in [-0.1, -0.05) is 37.3 Å². The first-order valence-corrected chi connectivity index (χ1v) is 7.74. The van der Waals surface area contributed by atoms with Crippen LogP contribution in [-0.4, -0.2) is 28.1 Å². The Hall–Kier alpha value is -1.66. The molecule has 6 nitrogen and oxygen atoms in total. The molecule has 0 aromatic heterocycles. The Kier molecular flexibility index (Phi) is 5.37. The van der Waals surface area contributed by atoms with Crippen molar-refractivity contribution < 1.29 is 14.8 Å². The van der Waals surface area contributed by atoms with Gasteiger partial charge in [-0.2, -0.15) is 0 Å². The van der Waals surface area contributed by atoms with Crippen molar-refractivity contribution in [1.29, 1.82) is 0 Å². The number of carbonyl (C=O) groups is 1. The second-order valence-electron chi connectivity index (χ2n) is 5.74. The lowest BCUT2D eigenvalue weighted by Gasteiger charge is -2.26. The van der Waals surface area contributed by atoms with Crippen molar-refractivity contribution in [2.45, 2.75) is 44.1 Å². The van der Waals surface area contributed by atoms with Gasteiger partial charge in [0, 0.05) is 17.6 Å². The SMILES string of the molecule is O=C(NCC1(O)CCCCCC1)c1cc(Cl)ccc1[N+](=O)[O-]. The van der Waals surface area contributed by atoms with Gasteiger partial charge in [-0.15, -0.1) is 0 Å². The summed E-state index contributed by atoms with van der Waals surface area (Å²) in [4.78, 5) is 22.6. The highest BCUT2D eigenvalue weighted by Gasteiger charge is 2.29. The lowest BCUT2D eigenvalue weighted by molar-refractivity contribution is -0.385. The Morgan fingerprint density at radius 2 is 1.95 bits per heavy atom. The van der Waals surface area contributed by atoms with Crippen LogP contribution >= 0.6 is 11.6 Å². The average Bonchev–Trinajstić information content (AvgIpc) is 2.69. The Morgan fingerprint density at radius 3 is 2.55 bits per heavy atom. The summed E-state index contributed by atoms with van der Waals surface area (Å²) in [6.45, 7) is 0.0928. The molecule has 2 N–H and O–H groups in total. The lowest BCUT2D eigenvalue weighted by atomic mass is 9.94. The number of nitrogens with zero attached hydrogens (tertiary/aromatic N) is 1. The monoisotopic (exact) mass is 326 g/mol. The molecule has 1 fully saturated rings. The zero-order valence-electron chi connectivity index (χ0n) is 12.2. The van der Waals surface area contributed by atoms with E-state index in [0.717, 1.165) is 25.7 Å². The molecule has 1 aliphatic rings. The van der Waals surface area contributed by atoms with E-state index in [-0.39, 0.29) is 22.8 Å². The van der Waals surface area contributed by atoms with E-state index >= 15 is 0 Å². The highest BCUT2D eigenvalue weighted by atomic mass is 35.5. The molecule has 0 atom stereocenters. The molecule has 1 aromatic rings. The molecule has 1 amide bonds. The fourth-order valence-electron chi connectivity index (χ4n) is 2.75. The van der Waals surface area contributed by atoms with E-state index in [9.17, 15) is 20.0 Å². The minimum Gasteiger partial charge on any atom is -0.388 e. The molecule has 0 saturated heterocycles. The number of amides is 1. The van der Waals surface area contributed by atoms with Gasteiger partial charge in [0.05, 0.1) is 10.5 Å². The third-order valence-electron chi connectivity index (χ3n) is 4.01. The van der Waals surface area contributed by atoms with E-state index in [0.29, 0.717) is 12.8 Å². The number of nitro benzene ring substituents is 1. The summed E-state index contributed by atoms with van der Waals surface area (Å²) < 4.78 is 0. The Labute approximate surface area is 133 Å². The van der Waals surface area contributed by atoms with Gasteiger partial charge in [-0.3, -0.25) is 14.9 Å². The highest BCUT2D eigenvalue weighted by Crippen LogP contribution is 2.27. The first-order valence-electron chi connectivity index (χ1n) is 7.36. The predicted octanol–water partition coefficient (Wildman–Crippen LogP) is 3.06. The Balaban J connectivity index is 2.09. The minimum atomic E-state index is -0.931. The van der Waals surface area contributed by atoms with Crippen LogP contribution in [0.4, 0.5) is 5.69 Å². The summed E-state index contributed by atoms with van der Waals surface area (Å²) in [6, 6.07) is 3.85. The molecule has 1 saturated carbocycles. The summed E-state index contributed by atoms with van der Waals surface area (Å²) in [6.07, 6.45) is 5.26. The number of nitrogens with one attached hydrogen (secondary N) is 1. The first-order chi connectivity index (χ1) is 10.4. The van der Waals surface area contributed by atoms with Crippen LogP contribution in [0, 0.1) is 10.1 Å². The topological polar surface area (TPSA) is 92.5 Å². The number of aliphatic hydroxyl groups is 1. The fourth-order valence-corrected chi connectivity index (χ4v) is 2.92. The van der Waals surface area contributed by atoms with Crippen LogP contribution in [0.15, 0.2) is 18.2 Å². The smallest absolute Gasteiger partial charge is 0.282 e. The van der Waals surface area contributed by atoms with Crippen molar-refractivity contribution in [3.05, 3.63) is 38.9 Å². The normalized spacial score (nSPS) is 17.5. The van der Waals surface area contributed by atoms with Crippen LogP contribution in [0.5, 0.6) is 0 Å². The largest absolute Gasteiger partial charge is 0.388 e. The number of hydrogen-bond acceptors (Lipinski definition) is 4. The van der Waals surface area contributed by atoms with E-state index < -0.39 is 16.4 Å². The van der Waals surface area contributed by atoms with E-state index in [1.807, 2.05) is 0 Å². The number of nitro groups is 1. The second kappa shape index (κ2) is 7.07. The summed E-state index contributed by atoms with van der Waals surface area (Å²) in [5.41, 5.74) is -1.32. The molecule has 0 spiro atoms. The van der Waals surface area contributed by atoms with Gasteiger partial charge in [0.15, 0.2) is 0 Å². The van der Waals surface area contributed by atoms with Gasteiger partial charge in [0.1, 0.15) is 5.56 Å². The maximum atomic E-state index is 12.2. The number of hydrogen-bond donors (Lipinski definition) is 2. The molecular formula is C15H19ClN2O4. The zero-order chi connectivity index (χ0) is 16.2. The van der Waals surface area contributed by atoms with E-state index in [1.54, 1.807) is 0 Å². The molecule has 1 aliphatic carbocycles. The second-order valence-corrected chi connectivity index (χ2v) is 6.18. The first kappa shape index (κ1) is 16.7. The summed E-state index contributed by atoms with van der Waals surface area (Å²) in [5, 5.41) is 24.4. The molecule has 0 bridgehead atoms. The number of rotatable bonds is 4. The van der Waals surface area contributed by atoms with Crippen molar-refractivity contribution in [3.63, 3.8) is 0 Å². The molecule has 1 aromatic carbocycles. The molecule has 0 heterocycles. The van der Waals surface area contributed by atoms with Crippen LogP contribution in [0.2, 0.25) is 5.02 Å². The molecule has 0 unspecified atom stereocenters. The van der Waals surface area contributed by atoms with Crippen molar-refractivity contribution in [2.24, 2.45) is 0 Å². The molecule has 0 aliphatic heterocycles. The van der Waals surface area contributed by atoms with Crippen LogP contribution in [0.25, 0.3) is 0 Å². The summed E-state index contributed by atoms with van der Waals surface area (Å²) in [5.74, 6) is -0.591. The Morgan fingerprint density at radius 1 is 1.32 bits per heavy atom. The zero-order valence-corrected chi connectivity index (χ0v) is 12.9. The van der Waals surface area contributed by atoms with Crippen molar-refractivity contribution in [2.75, 3.05) is 6.54 Å². The third kappa shape index (κ3) is 4.18. The van der Waals surface area contributed by atoms with Crippen molar-refractivity contribution in [3.8, 4) is 0 Å². The van der Waals surface area contributed by atoms with Crippen molar-refractivity contribution in [1.82, 2.24) is 5.32 Å². The molecule has 120 valence electrons.